The number of carbonyl (C=O) groups is 1. The van der Waals surface area contributed by atoms with E-state index in [1.807, 2.05) is 0 Å². The zero-order valence-electron chi connectivity index (χ0n) is 28.5. The van der Waals surface area contributed by atoms with Crippen molar-refractivity contribution in [2.24, 2.45) is 0 Å². The molecule has 1 N–H and O–H groups in total. The summed E-state index contributed by atoms with van der Waals surface area (Å²) >= 11 is 0. The quantitative estimate of drug-likeness (QED) is 0.0461. The highest BCUT2D eigenvalue weighted by atomic mass is 16.6. The van der Waals surface area contributed by atoms with E-state index >= 15 is 0 Å². The van der Waals surface area contributed by atoms with Crippen LogP contribution in [0.25, 0.3) is 0 Å². The molecule has 0 aliphatic rings. The van der Waals surface area contributed by atoms with Crippen molar-refractivity contribution in [3.8, 4) is 0 Å². The molecule has 0 saturated carbocycles. The summed E-state index contributed by atoms with van der Waals surface area (Å²) < 4.78 is 11.1. The molecule has 0 aliphatic carbocycles. The van der Waals surface area contributed by atoms with Crippen molar-refractivity contribution in [2.75, 3.05) is 19.8 Å². The Kier molecular flexibility index (Phi) is 35.1. The van der Waals surface area contributed by atoms with Gasteiger partial charge in [-0.2, -0.15) is 0 Å². The Morgan fingerprint density at radius 3 is 1.58 bits per heavy atom. The van der Waals surface area contributed by atoms with Crippen LogP contribution in [0.4, 0.5) is 0 Å². The summed E-state index contributed by atoms with van der Waals surface area (Å²) in [6, 6.07) is 0. The van der Waals surface area contributed by atoms with Crippen molar-refractivity contribution in [3.63, 3.8) is 0 Å². The van der Waals surface area contributed by atoms with Crippen LogP contribution < -0.4 is 0 Å². The predicted octanol–water partition coefficient (Wildman–Crippen LogP) is 11.5. The highest BCUT2D eigenvalue weighted by Crippen LogP contribution is 2.13. The van der Waals surface area contributed by atoms with Crippen LogP contribution in [0.1, 0.15) is 168 Å². The van der Waals surface area contributed by atoms with Crippen LogP contribution in [0.2, 0.25) is 0 Å². The van der Waals surface area contributed by atoms with Gasteiger partial charge in [-0.25, -0.2) is 0 Å². The largest absolute Gasteiger partial charge is 0.457 e. The van der Waals surface area contributed by atoms with Gasteiger partial charge in [-0.15, -0.1) is 0 Å². The molecule has 0 aromatic heterocycles. The van der Waals surface area contributed by atoms with Gasteiger partial charge in [0.1, 0.15) is 6.10 Å². The molecule has 4 heteroatoms. The van der Waals surface area contributed by atoms with E-state index in [-0.39, 0.29) is 19.2 Å². The first kappa shape index (κ1) is 41.4. The second kappa shape index (κ2) is 36.5. The first-order valence-corrected chi connectivity index (χ1v) is 18.2. The van der Waals surface area contributed by atoms with Crippen LogP contribution in [0.15, 0.2) is 48.6 Å². The third-order valence-corrected chi connectivity index (χ3v) is 7.67. The molecule has 0 heterocycles. The maximum Gasteiger partial charge on any atom is 0.306 e. The molecule has 1 atom stereocenters. The second-order valence-corrected chi connectivity index (χ2v) is 11.9. The van der Waals surface area contributed by atoms with E-state index in [2.05, 4.69) is 62.5 Å². The van der Waals surface area contributed by atoms with Gasteiger partial charge in [0.15, 0.2) is 0 Å². The molecular weight excluding hydrogens is 532 g/mol. The Hall–Kier alpha value is -1.65. The topological polar surface area (TPSA) is 55.8 Å². The molecule has 0 saturated heterocycles. The minimum absolute atomic E-state index is 0.176. The van der Waals surface area contributed by atoms with Crippen molar-refractivity contribution in [1.82, 2.24) is 0 Å². The summed E-state index contributed by atoms with van der Waals surface area (Å²) in [5.74, 6) is -0.208. The van der Waals surface area contributed by atoms with E-state index in [0.717, 1.165) is 44.9 Å². The molecule has 0 amide bonds. The van der Waals surface area contributed by atoms with Gasteiger partial charge in [-0.3, -0.25) is 4.79 Å². The molecule has 0 spiro atoms. The number of rotatable bonds is 33. The van der Waals surface area contributed by atoms with Crippen molar-refractivity contribution in [1.29, 1.82) is 0 Å². The highest BCUT2D eigenvalue weighted by Gasteiger charge is 2.13. The van der Waals surface area contributed by atoms with Crippen molar-refractivity contribution < 1.29 is 19.4 Å². The maximum atomic E-state index is 12.1. The number of hydrogen-bond donors (Lipinski definition) is 1. The first-order valence-electron chi connectivity index (χ1n) is 18.2. The second-order valence-electron chi connectivity index (χ2n) is 11.9. The van der Waals surface area contributed by atoms with Gasteiger partial charge >= 0.3 is 5.97 Å². The summed E-state index contributed by atoms with van der Waals surface area (Å²) in [4.78, 5) is 12.1. The Bertz CT molecular complexity index is 679. The number of unbranched alkanes of at least 4 members (excludes halogenated alkanes) is 17. The SMILES string of the molecule is CC/C=C\C/C=C\C/C=C\C/C=C\CCCCCCCCCOCC(CO)OC(=O)CCCCCCCCCCCCC. The number of carbonyl (C=O) groups excluding carboxylic acids is 1. The number of ether oxygens (including phenoxy) is 2. The van der Waals surface area contributed by atoms with Gasteiger partial charge in [0.25, 0.3) is 0 Å². The lowest BCUT2D eigenvalue weighted by Crippen LogP contribution is -2.27. The van der Waals surface area contributed by atoms with Crippen LogP contribution in [-0.2, 0) is 14.3 Å². The van der Waals surface area contributed by atoms with E-state index < -0.39 is 6.10 Å². The summed E-state index contributed by atoms with van der Waals surface area (Å²) in [6.07, 6.45) is 45.8. The van der Waals surface area contributed by atoms with Crippen LogP contribution in [0, 0.1) is 0 Å². The molecule has 0 bridgehead atoms. The fraction of sp³-hybridized carbons (Fsp3) is 0.769. The molecule has 0 aliphatic heterocycles. The first-order chi connectivity index (χ1) is 21.2. The molecule has 0 fully saturated rings. The molecule has 0 radical (unpaired) electrons. The van der Waals surface area contributed by atoms with E-state index in [1.165, 1.54) is 103 Å². The number of aliphatic hydroxyl groups excluding tert-OH is 1. The Morgan fingerprint density at radius 2 is 1.05 bits per heavy atom. The van der Waals surface area contributed by atoms with Gasteiger partial charge in [0.05, 0.1) is 13.2 Å². The van der Waals surface area contributed by atoms with Crippen molar-refractivity contribution in [2.45, 2.75) is 174 Å². The summed E-state index contributed by atoms with van der Waals surface area (Å²) in [5.41, 5.74) is 0. The minimum atomic E-state index is -0.537. The summed E-state index contributed by atoms with van der Waals surface area (Å²) in [5, 5.41) is 9.54. The van der Waals surface area contributed by atoms with Crippen LogP contribution in [0.5, 0.6) is 0 Å². The minimum Gasteiger partial charge on any atom is -0.457 e. The fourth-order valence-electron chi connectivity index (χ4n) is 4.96. The molecule has 0 aromatic carbocycles. The Balaban J connectivity index is 3.47. The molecule has 4 nitrogen and oxygen atoms in total. The molecule has 1 unspecified atom stereocenters. The van der Waals surface area contributed by atoms with E-state index in [4.69, 9.17) is 9.47 Å². The average Bonchev–Trinajstić information content (AvgIpc) is 3.01. The van der Waals surface area contributed by atoms with Crippen LogP contribution in [-0.4, -0.2) is 37.0 Å². The third-order valence-electron chi connectivity index (χ3n) is 7.67. The number of allylic oxidation sites excluding steroid dienone is 8. The Morgan fingerprint density at radius 1 is 0.581 bits per heavy atom. The lowest BCUT2D eigenvalue weighted by molar-refractivity contribution is -0.154. The maximum absolute atomic E-state index is 12.1. The predicted molar refractivity (Wildman–Crippen MR) is 187 cm³/mol. The van der Waals surface area contributed by atoms with Crippen molar-refractivity contribution in [3.05, 3.63) is 48.6 Å². The van der Waals surface area contributed by atoms with E-state index in [1.54, 1.807) is 0 Å². The van der Waals surface area contributed by atoms with Gasteiger partial charge in [0.2, 0.25) is 0 Å². The number of esters is 1. The normalized spacial score (nSPS) is 12.9. The molecule has 43 heavy (non-hydrogen) atoms. The average molecular weight is 603 g/mol. The lowest BCUT2D eigenvalue weighted by atomic mass is 10.1. The zero-order chi connectivity index (χ0) is 31.3. The molecular formula is C39H70O4. The van der Waals surface area contributed by atoms with Crippen LogP contribution >= 0.6 is 0 Å². The van der Waals surface area contributed by atoms with Gasteiger partial charge in [-0.1, -0.05) is 159 Å². The number of hydrogen-bond acceptors (Lipinski definition) is 4. The molecule has 0 rings (SSSR count). The standard InChI is InChI=1S/C39H70O4/c1-3-5-7-9-11-13-15-16-17-18-19-20-21-22-23-25-27-29-31-33-35-42-37-38(36-40)43-39(41)34-32-30-28-26-24-14-12-10-8-6-4-2/h5,7,11,13,16-17,19-20,38,40H,3-4,6,8-10,12,14-15,18,21-37H2,1-2H3/b7-5-,13-11-,17-16-,20-19-. The Labute approximate surface area is 267 Å². The molecule has 250 valence electrons. The van der Waals surface area contributed by atoms with Gasteiger partial charge in [-0.05, 0) is 51.4 Å². The molecule has 0 aromatic rings. The monoisotopic (exact) mass is 603 g/mol. The van der Waals surface area contributed by atoms with Crippen molar-refractivity contribution >= 4 is 5.97 Å². The number of aliphatic hydroxyl groups is 1. The fourth-order valence-corrected chi connectivity index (χ4v) is 4.96. The summed E-state index contributed by atoms with van der Waals surface area (Å²) in [6.45, 7) is 5.20. The van der Waals surface area contributed by atoms with E-state index in [0.29, 0.717) is 13.0 Å². The van der Waals surface area contributed by atoms with E-state index in [9.17, 15) is 9.90 Å². The zero-order valence-corrected chi connectivity index (χ0v) is 28.5. The van der Waals surface area contributed by atoms with Gasteiger partial charge in [0, 0.05) is 13.0 Å². The van der Waals surface area contributed by atoms with Crippen LogP contribution in [0.3, 0.4) is 0 Å². The third kappa shape index (κ3) is 34.7. The smallest absolute Gasteiger partial charge is 0.306 e. The highest BCUT2D eigenvalue weighted by molar-refractivity contribution is 5.69. The lowest BCUT2D eigenvalue weighted by Gasteiger charge is -2.16. The van der Waals surface area contributed by atoms with Gasteiger partial charge < -0.3 is 14.6 Å². The summed E-state index contributed by atoms with van der Waals surface area (Å²) in [7, 11) is 0.